The number of rotatable bonds is 7. The number of nitrogens with zero attached hydrogens (tertiary/aromatic N) is 2. The normalized spacial score (nSPS) is 14.0. The lowest BCUT2D eigenvalue weighted by Crippen LogP contribution is -2.25. The third kappa shape index (κ3) is 4.67. The molecule has 3 heterocycles. The van der Waals surface area contributed by atoms with E-state index in [9.17, 15) is 5.11 Å². The highest BCUT2D eigenvalue weighted by Gasteiger charge is 2.28. The van der Waals surface area contributed by atoms with E-state index >= 15 is 0 Å². The molecule has 2 aromatic heterocycles. The molecule has 0 aliphatic carbocycles. The van der Waals surface area contributed by atoms with Gasteiger partial charge in [0.2, 0.25) is 0 Å². The zero-order valence-electron chi connectivity index (χ0n) is 22.2. The van der Waals surface area contributed by atoms with Crippen molar-refractivity contribution in [1.29, 1.82) is 0 Å². The zero-order valence-corrected chi connectivity index (χ0v) is 22.2. The van der Waals surface area contributed by atoms with Crippen LogP contribution in [0.15, 0.2) is 49.2 Å². The smallest absolute Gasteiger partial charge is 0.137 e. The summed E-state index contributed by atoms with van der Waals surface area (Å²) in [6.07, 6.45) is 2.18. The number of pyridine rings is 2. The number of aliphatic hydroxyl groups is 1. The van der Waals surface area contributed by atoms with Crippen LogP contribution in [-0.4, -0.2) is 40.5 Å². The molecular formula is C31H34N2O4. The summed E-state index contributed by atoms with van der Waals surface area (Å²) in [6, 6.07) is 12.2. The third-order valence-electron chi connectivity index (χ3n) is 6.67. The van der Waals surface area contributed by atoms with Crippen molar-refractivity contribution in [2.24, 2.45) is 0 Å². The molecule has 192 valence electrons. The van der Waals surface area contributed by atoms with E-state index in [1.807, 2.05) is 59.0 Å². The average Bonchev–Trinajstić information content (AvgIpc) is 2.87. The summed E-state index contributed by atoms with van der Waals surface area (Å²) in [6.45, 7) is 15.0. The third-order valence-corrected chi connectivity index (χ3v) is 6.67. The van der Waals surface area contributed by atoms with E-state index in [0.717, 1.165) is 56.2 Å². The minimum absolute atomic E-state index is 0.152. The molecule has 2 aromatic carbocycles. The number of ether oxygens (including phenoxy) is 3. The van der Waals surface area contributed by atoms with E-state index in [4.69, 9.17) is 24.2 Å². The number of hydrogen-bond donors (Lipinski definition) is 1. The molecule has 0 amide bonds. The van der Waals surface area contributed by atoms with Crippen LogP contribution < -0.4 is 4.74 Å². The van der Waals surface area contributed by atoms with Crippen LogP contribution in [0.25, 0.3) is 38.7 Å². The summed E-state index contributed by atoms with van der Waals surface area (Å²) in [7, 11) is 0. The second kappa shape index (κ2) is 9.77. The highest BCUT2D eigenvalue weighted by molar-refractivity contribution is 6.07. The maximum atomic E-state index is 10.5. The summed E-state index contributed by atoms with van der Waals surface area (Å²) < 4.78 is 18.0. The average molecular weight is 499 g/mol. The van der Waals surface area contributed by atoms with Crippen molar-refractivity contribution in [3.05, 3.63) is 71.6 Å². The minimum atomic E-state index is -0.528. The highest BCUT2D eigenvalue weighted by Crippen LogP contribution is 2.44. The fourth-order valence-electron chi connectivity index (χ4n) is 5.25. The predicted octanol–water partition coefficient (Wildman–Crippen LogP) is 6.55. The molecule has 0 fully saturated rings. The highest BCUT2D eigenvalue weighted by atomic mass is 16.5. The molecule has 1 atom stereocenters. The molecule has 6 heteroatoms. The fraction of sp³-hybridized carbons (Fsp3) is 0.355. The molecule has 1 aliphatic rings. The van der Waals surface area contributed by atoms with Crippen LogP contribution in [0.2, 0.25) is 0 Å². The molecule has 0 saturated heterocycles. The largest absolute Gasteiger partial charge is 0.493 e. The Hall–Kier alpha value is -3.48. The van der Waals surface area contributed by atoms with E-state index in [1.165, 1.54) is 5.56 Å². The van der Waals surface area contributed by atoms with Crippen molar-refractivity contribution < 1.29 is 19.3 Å². The molecule has 1 aliphatic heterocycles. The first-order valence-electron chi connectivity index (χ1n) is 12.8. The monoisotopic (exact) mass is 498 g/mol. The second-order valence-electron chi connectivity index (χ2n) is 10.4. The van der Waals surface area contributed by atoms with Gasteiger partial charge in [-0.3, -0.25) is 4.98 Å². The quantitative estimate of drug-likeness (QED) is 0.291. The molecule has 4 aromatic rings. The Morgan fingerprint density at radius 3 is 2.73 bits per heavy atom. The molecule has 6 nitrogen and oxygen atoms in total. The van der Waals surface area contributed by atoms with Gasteiger partial charge in [0.05, 0.1) is 36.5 Å². The van der Waals surface area contributed by atoms with Crippen molar-refractivity contribution in [3.63, 3.8) is 0 Å². The molecule has 0 radical (unpaired) electrons. The predicted molar refractivity (Wildman–Crippen MR) is 148 cm³/mol. The fourth-order valence-corrected chi connectivity index (χ4v) is 5.25. The van der Waals surface area contributed by atoms with Crippen LogP contribution in [-0.2, 0) is 15.9 Å². The first kappa shape index (κ1) is 25.2. The van der Waals surface area contributed by atoms with E-state index in [0.29, 0.717) is 24.7 Å². The number of hydrogen-bond acceptors (Lipinski definition) is 6. The van der Waals surface area contributed by atoms with Crippen LogP contribution in [0.1, 0.15) is 56.2 Å². The van der Waals surface area contributed by atoms with Gasteiger partial charge in [0.15, 0.2) is 0 Å². The Bertz CT molecular complexity index is 1490. The van der Waals surface area contributed by atoms with Gasteiger partial charge in [0.1, 0.15) is 23.3 Å². The van der Waals surface area contributed by atoms with E-state index in [-0.39, 0.29) is 6.61 Å². The first-order chi connectivity index (χ1) is 17.7. The molecule has 5 rings (SSSR count). The number of aromatic nitrogens is 2. The Morgan fingerprint density at radius 2 is 2.00 bits per heavy atom. The van der Waals surface area contributed by atoms with Gasteiger partial charge >= 0.3 is 0 Å². The van der Waals surface area contributed by atoms with E-state index < -0.39 is 11.7 Å². The lowest BCUT2D eigenvalue weighted by atomic mass is 9.86. The molecule has 1 unspecified atom stereocenters. The molecule has 1 N–H and O–H groups in total. The van der Waals surface area contributed by atoms with Crippen molar-refractivity contribution >= 4 is 27.6 Å². The zero-order chi connectivity index (χ0) is 26.3. The first-order valence-corrected chi connectivity index (χ1v) is 12.8. The molecule has 37 heavy (non-hydrogen) atoms. The van der Waals surface area contributed by atoms with E-state index in [2.05, 4.69) is 24.8 Å². The topological polar surface area (TPSA) is 73.7 Å². The van der Waals surface area contributed by atoms with Gasteiger partial charge in [-0.2, -0.15) is 0 Å². The maximum absolute atomic E-state index is 10.5. The van der Waals surface area contributed by atoms with Crippen LogP contribution in [0.4, 0.5) is 0 Å². The Morgan fingerprint density at radius 1 is 1.19 bits per heavy atom. The van der Waals surface area contributed by atoms with E-state index in [1.54, 1.807) is 0 Å². The Balaban J connectivity index is 1.85. The lowest BCUT2D eigenvalue weighted by Gasteiger charge is -2.30. The van der Waals surface area contributed by atoms with Crippen molar-refractivity contribution in [1.82, 2.24) is 9.97 Å². The summed E-state index contributed by atoms with van der Waals surface area (Å²) in [5.74, 6) is 1.39. The summed E-state index contributed by atoms with van der Waals surface area (Å²) in [5.41, 5.74) is 7.00. The number of aliphatic hydroxyl groups excluding tert-OH is 1. The van der Waals surface area contributed by atoms with Crippen LogP contribution in [0, 0.1) is 6.92 Å². The van der Waals surface area contributed by atoms with Crippen LogP contribution in [0.3, 0.4) is 0 Å². The number of aryl methyl sites for hydroxylation is 1. The van der Waals surface area contributed by atoms with Crippen molar-refractivity contribution in [3.8, 4) is 16.9 Å². The standard InChI is InChI=1S/C31H34N2O4/c1-7-35-19(3)23-10-8-21-24(33-23)16-18(2)27(26(17-34)37-31(4,5)6)29(21)22-9-11-25-28-20(13-15-36-25)12-14-32-30(22)28/h8-12,14,16,26,34H,3,7,13,15,17H2,1-2,4-6H3. The van der Waals surface area contributed by atoms with Gasteiger partial charge in [-0.25, -0.2) is 4.98 Å². The summed E-state index contributed by atoms with van der Waals surface area (Å²) >= 11 is 0. The Labute approximate surface area is 217 Å². The number of benzene rings is 2. The van der Waals surface area contributed by atoms with Crippen LogP contribution in [0.5, 0.6) is 5.75 Å². The minimum Gasteiger partial charge on any atom is -0.493 e. The molecule has 0 spiro atoms. The summed E-state index contributed by atoms with van der Waals surface area (Å²) in [5, 5.41) is 12.5. The summed E-state index contributed by atoms with van der Waals surface area (Å²) in [4.78, 5) is 9.74. The van der Waals surface area contributed by atoms with Gasteiger partial charge in [-0.15, -0.1) is 0 Å². The molecular weight excluding hydrogens is 464 g/mol. The van der Waals surface area contributed by atoms with Gasteiger partial charge < -0.3 is 19.3 Å². The lowest BCUT2D eigenvalue weighted by molar-refractivity contribution is -0.0821. The van der Waals surface area contributed by atoms with Gasteiger partial charge in [0, 0.05) is 29.0 Å². The van der Waals surface area contributed by atoms with Gasteiger partial charge in [-0.1, -0.05) is 6.58 Å². The second-order valence-corrected chi connectivity index (χ2v) is 10.4. The number of fused-ring (bicyclic) bond motifs is 1. The van der Waals surface area contributed by atoms with Gasteiger partial charge in [-0.05, 0) is 93.3 Å². The van der Waals surface area contributed by atoms with Crippen LogP contribution >= 0.6 is 0 Å². The molecule has 0 bridgehead atoms. The Kier molecular flexibility index (Phi) is 6.65. The van der Waals surface area contributed by atoms with Crippen molar-refractivity contribution in [2.45, 2.75) is 52.7 Å². The van der Waals surface area contributed by atoms with Gasteiger partial charge in [0.25, 0.3) is 0 Å². The molecule has 0 saturated carbocycles. The maximum Gasteiger partial charge on any atom is 0.137 e. The van der Waals surface area contributed by atoms with Crippen molar-refractivity contribution in [2.75, 3.05) is 19.8 Å². The SMILES string of the molecule is C=C(OCC)c1ccc2c(-c3ccc4c5c(ccnc35)CCO4)c(C(CO)OC(C)(C)C)c(C)cc2n1.